The molecule has 1 amide bonds. The van der Waals surface area contributed by atoms with E-state index in [9.17, 15) is 9.18 Å². The Balaban J connectivity index is 2.16. The zero-order valence-corrected chi connectivity index (χ0v) is 7.59. The molecular formula is C8H14FNO3. The Kier molecular flexibility index (Phi) is 4.11. The standard InChI is InChI=1S/C8H14FNO3/c1-6(5-9)10-7(11)4-8-12-2-3-13-8/h6,8H,2-5H2,1H3,(H,10,11). The van der Waals surface area contributed by atoms with E-state index < -0.39 is 19.0 Å². The van der Waals surface area contributed by atoms with Crippen molar-refractivity contribution in [1.82, 2.24) is 5.32 Å². The van der Waals surface area contributed by atoms with Crippen LogP contribution in [0.25, 0.3) is 0 Å². The highest BCUT2D eigenvalue weighted by Crippen LogP contribution is 2.07. The predicted octanol–water partition coefficient (Wildman–Crippen LogP) is 0.224. The number of rotatable bonds is 4. The minimum absolute atomic E-state index is 0.143. The van der Waals surface area contributed by atoms with Crippen LogP contribution < -0.4 is 5.32 Å². The molecule has 13 heavy (non-hydrogen) atoms. The minimum Gasteiger partial charge on any atom is -0.351 e. The molecule has 1 aliphatic heterocycles. The lowest BCUT2D eigenvalue weighted by Gasteiger charge is -2.12. The molecule has 1 unspecified atom stereocenters. The molecule has 1 aliphatic rings. The largest absolute Gasteiger partial charge is 0.351 e. The van der Waals surface area contributed by atoms with E-state index in [0.717, 1.165) is 0 Å². The Bertz CT molecular complexity index is 171. The monoisotopic (exact) mass is 191 g/mol. The van der Waals surface area contributed by atoms with Gasteiger partial charge >= 0.3 is 0 Å². The van der Waals surface area contributed by atoms with Gasteiger partial charge in [-0.25, -0.2) is 4.39 Å². The summed E-state index contributed by atoms with van der Waals surface area (Å²) < 4.78 is 22.1. The molecule has 0 aromatic carbocycles. The summed E-state index contributed by atoms with van der Waals surface area (Å²) in [5.74, 6) is -0.239. The van der Waals surface area contributed by atoms with Gasteiger partial charge in [0, 0.05) is 0 Å². The third-order valence-electron chi connectivity index (χ3n) is 1.68. The quantitative estimate of drug-likeness (QED) is 0.691. The average Bonchev–Trinajstić information content (AvgIpc) is 2.56. The van der Waals surface area contributed by atoms with Crippen molar-refractivity contribution in [3.05, 3.63) is 0 Å². The maximum Gasteiger partial charge on any atom is 0.225 e. The highest BCUT2D eigenvalue weighted by Gasteiger charge is 2.20. The van der Waals surface area contributed by atoms with Gasteiger partial charge in [-0.05, 0) is 6.92 Å². The highest BCUT2D eigenvalue weighted by molar-refractivity contribution is 5.76. The zero-order valence-electron chi connectivity index (χ0n) is 7.59. The van der Waals surface area contributed by atoms with E-state index >= 15 is 0 Å². The summed E-state index contributed by atoms with van der Waals surface area (Å²) in [4.78, 5) is 11.1. The van der Waals surface area contributed by atoms with Crippen LogP contribution in [0.4, 0.5) is 4.39 Å². The number of alkyl halides is 1. The molecule has 0 radical (unpaired) electrons. The SMILES string of the molecule is CC(CF)NC(=O)CC1OCCO1. The molecule has 76 valence electrons. The first kappa shape index (κ1) is 10.4. The number of hydrogen-bond acceptors (Lipinski definition) is 3. The van der Waals surface area contributed by atoms with Gasteiger partial charge in [-0.3, -0.25) is 4.79 Å². The second-order valence-corrected chi connectivity index (χ2v) is 3.00. The summed E-state index contributed by atoms with van der Waals surface area (Å²) in [5.41, 5.74) is 0. The fourth-order valence-corrected chi connectivity index (χ4v) is 1.05. The Morgan fingerprint density at radius 3 is 2.77 bits per heavy atom. The second kappa shape index (κ2) is 5.14. The number of hydrogen-bond donors (Lipinski definition) is 1. The second-order valence-electron chi connectivity index (χ2n) is 3.00. The lowest BCUT2D eigenvalue weighted by Crippen LogP contribution is -2.36. The van der Waals surface area contributed by atoms with Gasteiger partial charge in [0.05, 0.1) is 25.7 Å². The number of amides is 1. The van der Waals surface area contributed by atoms with Gasteiger partial charge in [-0.1, -0.05) is 0 Å². The van der Waals surface area contributed by atoms with Gasteiger partial charge in [0.15, 0.2) is 6.29 Å². The van der Waals surface area contributed by atoms with E-state index in [0.29, 0.717) is 13.2 Å². The fourth-order valence-electron chi connectivity index (χ4n) is 1.05. The van der Waals surface area contributed by atoms with E-state index in [2.05, 4.69) is 5.32 Å². The Morgan fingerprint density at radius 1 is 1.62 bits per heavy atom. The van der Waals surface area contributed by atoms with Crippen molar-refractivity contribution < 1.29 is 18.7 Å². The van der Waals surface area contributed by atoms with Crippen LogP contribution >= 0.6 is 0 Å². The number of carbonyl (C=O) groups is 1. The maximum absolute atomic E-state index is 12.0. The van der Waals surface area contributed by atoms with Crippen molar-refractivity contribution in [2.75, 3.05) is 19.9 Å². The fraction of sp³-hybridized carbons (Fsp3) is 0.875. The molecule has 5 heteroatoms. The van der Waals surface area contributed by atoms with E-state index in [4.69, 9.17) is 9.47 Å². The molecule has 4 nitrogen and oxygen atoms in total. The van der Waals surface area contributed by atoms with Gasteiger partial charge in [-0.2, -0.15) is 0 Å². The smallest absolute Gasteiger partial charge is 0.225 e. The molecule has 1 saturated heterocycles. The molecule has 0 bridgehead atoms. The van der Waals surface area contributed by atoms with Crippen LogP contribution in [-0.2, 0) is 14.3 Å². The Labute approximate surface area is 76.4 Å². The molecule has 0 aromatic heterocycles. The van der Waals surface area contributed by atoms with Crippen LogP contribution in [0.2, 0.25) is 0 Å². The van der Waals surface area contributed by atoms with Gasteiger partial charge in [0.2, 0.25) is 5.91 Å². The van der Waals surface area contributed by atoms with Crippen LogP contribution in [0, 0.1) is 0 Å². The van der Waals surface area contributed by atoms with E-state index in [1.807, 2.05) is 0 Å². The number of carbonyl (C=O) groups excluding carboxylic acids is 1. The lowest BCUT2D eigenvalue weighted by atomic mass is 10.3. The van der Waals surface area contributed by atoms with Crippen molar-refractivity contribution in [2.24, 2.45) is 0 Å². The van der Waals surface area contributed by atoms with Crippen molar-refractivity contribution in [2.45, 2.75) is 25.7 Å². The molecular weight excluding hydrogens is 177 g/mol. The first-order chi connectivity index (χ1) is 6.22. The van der Waals surface area contributed by atoms with Crippen LogP contribution in [0.15, 0.2) is 0 Å². The molecule has 0 saturated carbocycles. The van der Waals surface area contributed by atoms with E-state index in [1.54, 1.807) is 6.92 Å². The number of halogens is 1. The van der Waals surface area contributed by atoms with E-state index in [1.165, 1.54) is 0 Å². The van der Waals surface area contributed by atoms with Crippen molar-refractivity contribution in [1.29, 1.82) is 0 Å². The normalized spacial score (nSPS) is 20.2. The minimum atomic E-state index is -0.557. The molecule has 0 aliphatic carbocycles. The predicted molar refractivity (Wildman–Crippen MR) is 43.9 cm³/mol. The van der Waals surface area contributed by atoms with E-state index in [-0.39, 0.29) is 12.3 Å². The summed E-state index contributed by atoms with van der Waals surface area (Å²) in [5, 5.41) is 2.48. The number of ether oxygens (including phenoxy) is 2. The van der Waals surface area contributed by atoms with Crippen LogP contribution in [-0.4, -0.2) is 38.1 Å². The van der Waals surface area contributed by atoms with Crippen LogP contribution in [0.1, 0.15) is 13.3 Å². The summed E-state index contributed by atoms with van der Waals surface area (Å²) in [7, 11) is 0. The molecule has 1 atom stereocenters. The summed E-state index contributed by atoms with van der Waals surface area (Å²) in [6.07, 6.45) is -0.309. The van der Waals surface area contributed by atoms with Gasteiger partial charge < -0.3 is 14.8 Å². The van der Waals surface area contributed by atoms with Crippen LogP contribution in [0.3, 0.4) is 0 Å². The highest BCUT2D eigenvalue weighted by atomic mass is 19.1. The lowest BCUT2D eigenvalue weighted by molar-refractivity contribution is -0.130. The van der Waals surface area contributed by atoms with Crippen molar-refractivity contribution >= 4 is 5.91 Å². The zero-order chi connectivity index (χ0) is 9.68. The first-order valence-corrected chi connectivity index (χ1v) is 4.31. The summed E-state index contributed by atoms with van der Waals surface area (Å²) in [6.45, 7) is 2.10. The summed E-state index contributed by atoms with van der Waals surface area (Å²) in [6, 6.07) is -0.436. The topological polar surface area (TPSA) is 47.6 Å². The molecule has 1 heterocycles. The van der Waals surface area contributed by atoms with Crippen LogP contribution in [0.5, 0.6) is 0 Å². The van der Waals surface area contributed by atoms with Gasteiger partial charge in [-0.15, -0.1) is 0 Å². The maximum atomic E-state index is 12.0. The Morgan fingerprint density at radius 2 is 2.23 bits per heavy atom. The third-order valence-corrected chi connectivity index (χ3v) is 1.68. The first-order valence-electron chi connectivity index (χ1n) is 4.31. The molecule has 1 fully saturated rings. The third kappa shape index (κ3) is 3.69. The average molecular weight is 191 g/mol. The van der Waals surface area contributed by atoms with Crippen molar-refractivity contribution in [3.63, 3.8) is 0 Å². The molecule has 1 N–H and O–H groups in total. The number of nitrogens with one attached hydrogen (secondary N) is 1. The van der Waals surface area contributed by atoms with Gasteiger partial charge in [0.25, 0.3) is 0 Å². The molecule has 1 rings (SSSR count). The van der Waals surface area contributed by atoms with Crippen molar-refractivity contribution in [3.8, 4) is 0 Å². The molecule has 0 aromatic rings. The molecule has 0 spiro atoms. The van der Waals surface area contributed by atoms with Gasteiger partial charge in [0.1, 0.15) is 6.67 Å². The Hall–Kier alpha value is -0.680. The summed E-state index contributed by atoms with van der Waals surface area (Å²) >= 11 is 0.